The van der Waals surface area contributed by atoms with Gasteiger partial charge in [-0.25, -0.2) is 4.98 Å². The minimum absolute atomic E-state index is 0.180. The van der Waals surface area contributed by atoms with Gasteiger partial charge in [0.15, 0.2) is 5.82 Å². The van der Waals surface area contributed by atoms with Gasteiger partial charge >= 0.3 is 0 Å². The van der Waals surface area contributed by atoms with Gasteiger partial charge in [0, 0.05) is 17.8 Å². The second-order valence-electron chi connectivity index (χ2n) is 8.39. The molecule has 3 aromatic rings. The van der Waals surface area contributed by atoms with E-state index < -0.39 is 29.6 Å². The number of rotatable bonds is 6. The first-order valence-electron chi connectivity index (χ1n) is 11.0. The zero-order chi connectivity index (χ0) is 24.6. The molecule has 0 spiro atoms. The van der Waals surface area contributed by atoms with E-state index in [1.54, 1.807) is 32.3 Å². The number of aryl methyl sites for hydroxylation is 2. The molecule has 0 radical (unpaired) electrons. The zero-order valence-electron chi connectivity index (χ0n) is 19.4. The van der Waals surface area contributed by atoms with E-state index in [0.717, 1.165) is 12.8 Å². The quantitative estimate of drug-likeness (QED) is 0.323. The summed E-state index contributed by atoms with van der Waals surface area (Å²) in [5.74, 6) is -2.02. The van der Waals surface area contributed by atoms with E-state index in [0.29, 0.717) is 46.9 Å². The Bertz CT molecular complexity index is 1290. The van der Waals surface area contributed by atoms with E-state index in [1.807, 2.05) is 0 Å². The van der Waals surface area contributed by atoms with Crippen molar-refractivity contribution < 1.29 is 23.3 Å². The highest BCUT2D eigenvalue weighted by molar-refractivity contribution is 6.43. The summed E-state index contributed by atoms with van der Waals surface area (Å²) in [7, 11) is 0. The second kappa shape index (κ2) is 9.16. The number of amides is 2. The monoisotopic (exact) mass is 468 g/mol. The van der Waals surface area contributed by atoms with Gasteiger partial charge in [-0.2, -0.15) is 9.37 Å². The Morgan fingerprint density at radius 1 is 1.21 bits per heavy atom. The van der Waals surface area contributed by atoms with E-state index in [-0.39, 0.29) is 11.6 Å². The molecule has 1 unspecified atom stereocenters. The predicted octanol–water partition coefficient (Wildman–Crippen LogP) is 2.98. The Labute approximate surface area is 194 Å². The third kappa shape index (κ3) is 4.33. The maximum atomic E-state index is 13.5. The van der Waals surface area contributed by atoms with E-state index in [1.165, 1.54) is 12.3 Å². The Hall–Kier alpha value is -3.89. The Morgan fingerprint density at radius 2 is 1.97 bits per heavy atom. The molecule has 4 heterocycles. The van der Waals surface area contributed by atoms with Crippen molar-refractivity contribution in [2.75, 3.05) is 5.32 Å². The van der Waals surface area contributed by atoms with E-state index >= 15 is 0 Å². The summed E-state index contributed by atoms with van der Waals surface area (Å²) in [5, 5.41) is 9.01. The molecule has 0 saturated heterocycles. The lowest BCUT2D eigenvalue weighted by atomic mass is 10.0. The summed E-state index contributed by atoms with van der Waals surface area (Å²) < 4.78 is 20.3. The van der Waals surface area contributed by atoms with Crippen molar-refractivity contribution in [2.45, 2.75) is 59.5 Å². The predicted molar refractivity (Wildman–Crippen MR) is 119 cm³/mol. The van der Waals surface area contributed by atoms with Crippen molar-refractivity contribution in [1.29, 1.82) is 0 Å². The molecule has 2 N–H and O–H groups in total. The van der Waals surface area contributed by atoms with Crippen LogP contribution in [0.2, 0.25) is 0 Å². The van der Waals surface area contributed by atoms with Crippen LogP contribution < -0.4 is 10.6 Å². The number of fused-ring (bicyclic) bond motifs is 1. The van der Waals surface area contributed by atoms with E-state index in [2.05, 4.69) is 25.8 Å². The van der Waals surface area contributed by atoms with Crippen LogP contribution in [0.1, 0.15) is 75.2 Å². The maximum absolute atomic E-state index is 13.5. The highest BCUT2D eigenvalue weighted by Gasteiger charge is 2.33. The van der Waals surface area contributed by atoms with Crippen molar-refractivity contribution in [1.82, 2.24) is 25.0 Å². The third-order valence-electron chi connectivity index (χ3n) is 5.84. The second-order valence-corrected chi connectivity index (χ2v) is 8.39. The zero-order valence-corrected chi connectivity index (χ0v) is 19.4. The highest BCUT2D eigenvalue weighted by atomic mass is 19.1. The van der Waals surface area contributed by atoms with E-state index in [4.69, 9.17) is 4.52 Å². The van der Waals surface area contributed by atoms with E-state index in [9.17, 15) is 18.8 Å². The molecule has 0 bridgehead atoms. The number of pyridine rings is 1. The summed E-state index contributed by atoms with van der Waals surface area (Å²) in [6, 6.07) is 0.823. The molecule has 1 aliphatic rings. The van der Waals surface area contributed by atoms with Crippen molar-refractivity contribution in [3.8, 4) is 0 Å². The minimum atomic E-state index is -0.831. The number of hydrogen-bond acceptors (Lipinski definition) is 7. The van der Waals surface area contributed by atoms with Crippen LogP contribution in [0.5, 0.6) is 0 Å². The highest BCUT2D eigenvalue weighted by Crippen LogP contribution is 2.29. The van der Waals surface area contributed by atoms with Crippen LogP contribution >= 0.6 is 0 Å². The van der Waals surface area contributed by atoms with Crippen molar-refractivity contribution >= 4 is 23.3 Å². The van der Waals surface area contributed by atoms with Crippen LogP contribution in [0.3, 0.4) is 0 Å². The molecular formula is C23H25FN6O4. The molecule has 1 atom stereocenters. The number of anilines is 1. The Kier molecular flexibility index (Phi) is 6.27. The summed E-state index contributed by atoms with van der Waals surface area (Å²) >= 11 is 0. The Balaban J connectivity index is 1.63. The number of hydrogen-bond donors (Lipinski definition) is 2. The fraction of sp³-hybridized carbons (Fsp3) is 0.391. The summed E-state index contributed by atoms with van der Waals surface area (Å²) in [6.45, 7) is 7.01. The molecule has 2 amide bonds. The van der Waals surface area contributed by atoms with Crippen LogP contribution in [-0.4, -0.2) is 37.3 Å². The lowest BCUT2D eigenvalue weighted by molar-refractivity contribution is -0.117. The summed E-state index contributed by atoms with van der Waals surface area (Å²) in [5.41, 5.74) is 2.28. The third-order valence-corrected chi connectivity index (χ3v) is 5.84. The van der Waals surface area contributed by atoms with Crippen LogP contribution in [0.25, 0.3) is 0 Å². The van der Waals surface area contributed by atoms with Gasteiger partial charge in [0.05, 0.1) is 23.1 Å². The van der Waals surface area contributed by atoms with Crippen LogP contribution in [-0.2, 0) is 17.8 Å². The number of nitrogens with zero attached hydrogens (tertiary/aromatic N) is 4. The van der Waals surface area contributed by atoms with Gasteiger partial charge in [0.2, 0.25) is 11.8 Å². The fourth-order valence-electron chi connectivity index (χ4n) is 4.21. The number of aromatic nitrogens is 4. The molecule has 10 nitrogen and oxygen atoms in total. The van der Waals surface area contributed by atoms with Gasteiger partial charge in [-0.3, -0.25) is 14.4 Å². The molecule has 0 saturated carbocycles. The van der Waals surface area contributed by atoms with Crippen LogP contribution in [0, 0.1) is 26.7 Å². The van der Waals surface area contributed by atoms with Gasteiger partial charge in [-0.1, -0.05) is 5.16 Å². The topological polar surface area (TPSA) is 132 Å². The SMILES string of the molecule is Cc1noc(C(C)NC(=O)C(=O)c2c(C)c(C(=O)Nc3cnc(F)c(C)c3)c3n2CCCC3)n1. The van der Waals surface area contributed by atoms with Gasteiger partial charge in [-0.15, -0.1) is 0 Å². The van der Waals surface area contributed by atoms with Crippen LogP contribution in [0.15, 0.2) is 16.8 Å². The molecule has 11 heteroatoms. The average Bonchev–Trinajstić information content (AvgIpc) is 3.36. The lowest BCUT2D eigenvalue weighted by Gasteiger charge is -2.18. The summed E-state index contributed by atoms with van der Waals surface area (Å²) in [4.78, 5) is 46.9. The standard InChI is InChI=1S/C23H25FN6O4/c1-11-9-15(10-25-20(11)24)28-21(32)17-12(2)18(30-8-6-5-7-16(17)30)19(31)22(33)26-13(3)23-27-14(4)29-34-23/h9-10,13H,5-8H2,1-4H3,(H,26,33)(H,28,32). The molecule has 3 aromatic heterocycles. The smallest absolute Gasteiger partial charge is 0.294 e. The average molecular weight is 468 g/mol. The number of carbonyl (C=O) groups is 3. The number of nitrogens with one attached hydrogen (secondary N) is 2. The van der Waals surface area contributed by atoms with Gasteiger partial charge in [-0.05, 0) is 58.6 Å². The molecule has 178 valence electrons. The Morgan fingerprint density at radius 3 is 2.65 bits per heavy atom. The van der Waals surface area contributed by atoms with Crippen molar-refractivity contribution in [3.63, 3.8) is 0 Å². The molecule has 0 fully saturated rings. The first-order chi connectivity index (χ1) is 16.2. The largest absolute Gasteiger partial charge is 0.341 e. The number of ketones is 1. The van der Waals surface area contributed by atoms with Crippen molar-refractivity contribution in [2.24, 2.45) is 0 Å². The van der Waals surface area contributed by atoms with Gasteiger partial charge < -0.3 is 19.7 Å². The first kappa shape index (κ1) is 23.3. The summed E-state index contributed by atoms with van der Waals surface area (Å²) in [6.07, 6.45) is 3.51. The number of carbonyl (C=O) groups excluding carboxylic acids is 3. The maximum Gasteiger partial charge on any atom is 0.294 e. The lowest BCUT2D eigenvalue weighted by Crippen LogP contribution is -2.35. The molecule has 0 aromatic carbocycles. The van der Waals surface area contributed by atoms with Crippen LogP contribution in [0.4, 0.5) is 10.1 Å². The molecular weight excluding hydrogens is 443 g/mol. The number of halogens is 1. The van der Waals surface area contributed by atoms with Gasteiger partial charge in [0.1, 0.15) is 6.04 Å². The first-order valence-corrected chi connectivity index (χ1v) is 11.0. The molecule has 4 rings (SSSR count). The molecule has 1 aliphatic heterocycles. The molecule has 0 aliphatic carbocycles. The normalized spacial score (nSPS) is 13.8. The van der Waals surface area contributed by atoms with Crippen molar-refractivity contribution in [3.05, 3.63) is 58.0 Å². The fourth-order valence-corrected chi connectivity index (χ4v) is 4.21. The molecule has 34 heavy (non-hydrogen) atoms. The number of Topliss-reactive ketones (excluding diaryl/α,β-unsaturated/α-hetero) is 1. The minimum Gasteiger partial charge on any atom is -0.341 e. The van der Waals surface area contributed by atoms with Gasteiger partial charge in [0.25, 0.3) is 17.6 Å².